The molecule has 9 heteroatoms. The zero-order valence-corrected chi connectivity index (χ0v) is 32.0. The van der Waals surface area contributed by atoms with Gasteiger partial charge in [-0.2, -0.15) is 11.8 Å². The van der Waals surface area contributed by atoms with Crippen molar-refractivity contribution in [3.8, 4) is 0 Å². The first-order valence-electron chi connectivity index (χ1n) is 19.5. The van der Waals surface area contributed by atoms with E-state index in [-0.39, 0.29) is 36.5 Å². The molecule has 0 bridgehead atoms. The van der Waals surface area contributed by atoms with E-state index in [1.54, 1.807) is 14.2 Å². The Labute approximate surface area is 298 Å². The Morgan fingerprint density at radius 2 is 1.12 bits per heavy atom. The molecule has 48 heavy (non-hydrogen) atoms. The summed E-state index contributed by atoms with van der Waals surface area (Å²) in [6.07, 6.45) is 27.9. The summed E-state index contributed by atoms with van der Waals surface area (Å²) in [4.78, 5) is 11.7. The van der Waals surface area contributed by atoms with Gasteiger partial charge in [-0.15, -0.1) is 0 Å². The number of carbonyl (C=O) groups excluding carboxylic acids is 1. The van der Waals surface area contributed by atoms with Crippen LogP contribution in [0, 0.1) is 0 Å². The van der Waals surface area contributed by atoms with Crippen molar-refractivity contribution in [1.82, 2.24) is 0 Å². The SMILES string of the molecule is CCCCCCCCCC[C@@H](CO[C@H]1CSC[C@@H]1OC[C@H](CCCCCCCCCCCCC1=C[C@H](C)OC1=O)OCOC)OCOC. The van der Waals surface area contributed by atoms with Crippen molar-refractivity contribution in [1.29, 1.82) is 0 Å². The fourth-order valence-corrected chi connectivity index (χ4v) is 7.69. The molecule has 0 radical (unpaired) electrons. The second-order valence-electron chi connectivity index (χ2n) is 13.8. The standard InChI is InChI=1S/C39H72O8S/c1-5-6-7-8-9-15-18-21-24-35(45-31-41-3)27-43-37-29-48-30-38(37)44-28-36(46-32-42-4)25-22-19-16-13-11-10-12-14-17-20-23-34-26-33(2)47-39(34)40/h26,33,35-38H,5-25,27-32H2,1-4H3/t33-,35-,36-,37-,38-/m0/s1. The van der Waals surface area contributed by atoms with Gasteiger partial charge >= 0.3 is 5.97 Å². The Hall–Kier alpha value is -0.680. The summed E-state index contributed by atoms with van der Waals surface area (Å²) in [7, 11) is 3.35. The third kappa shape index (κ3) is 21.5. The van der Waals surface area contributed by atoms with Crippen LogP contribution in [-0.4, -0.2) is 89.0 Å². The van der Waals surface area contributed by atoms with Crippen LogP contribution in [0.5, 0.6) is 0 Å². The maximum absolute atomic E-state index is 11.7. The van der Waals surface area contributed by atoms with Crippen LogP contribution >= 0.6 is 11.8 Å². The number of methoxy groups -OCH3 is 2. The van der Waals surface area contributed by atoms with Crippen LogP contribution < -0.4 is 0 Å². The number of thioether (sulfide) groups is 1. The van der Waals surface area contributed by atoms with Crippen LogP contribution in [0.1, 0.15) is 149 Å². The van der Waals surface area contributed by atoms with E-state index < -0.39 is 0 Å². The van der Waals surface area contributed by atoms with E-state index in [9.17, 15) is 4.79 Å². The van der Waals surface area contributed by atoms with Crippen molar-refractivity contribution in [2.24, 2.45) is 0 Å². The molecule has 0 N–H and O–H groups in total. The van der Waals surface area contributed by atoms with Gasteiger partial charge in [-0.25, -0.2) is 4.79 Å². The first kappa shape index (κ1) is 43.5. The number of cyclic esters (lactones) is 1. The van der Waals surface area contributed by atoms with Crippen LogP contribution in [0.25, 0.3) is 0 Å². The van der Waals surface area contributed by atoms with Crippen LogP contribution in [0.2, 0.25) is 0 Å². The minimum absolute atomic E-state index is 0.0426. The van der Waals surface area contributed by atoms with Crippen molar-refractivity contribution in [2.75, 3.05) is 52.5 Å². The number of unbranched alkanes of at least 4 members (excludes halogenated alkanes) is 16. The van der Waals surface area contributed by atoms with Gasteiger partial charge in [0, 0.05) is 31.3 Å². The minimum Gasteiger partial charge on any atom is -0.455 e. The van der Waals surface area contributed by atoms with E-state index in [1.807, 2.05) is 24.8 Å². The quantitative estimate of drug-likeness (QED) is 0.0370. The van der Waals surface area contributed by atoms with Gasteiger partial charge < -0.3 is 33.2 Å². The first-order chi connectivity index (χ1) is 23.6. The smallest absolute Gasteiger partial charge is 0.334 e. The lowest BCUT2D eigenvalue weighted by molar-refractivity contribution is -0.139. The lowest BCUT2D eigenvalue weighted by Gasteiger charge is -2.25. The molecule has 5 atom stereocenters. The van der Waals surface area contributed by atoms with E-state index >= 15 is 0 Å². The predicted molar refractivity (Wildman–Crippen MR) is 197 cm³/mol. The van der Waals surface area contributed by atoms with E-state index in [0.717, 1.165) is 49.2 Å². The summed E-state index contributed by atoms with van der Waals surface area (Å²) in [6.45, 7) is 5.96. The van der Waals surface area contributed by atoms with Crippen molar-refractivity contribution in [3.63, 3.8) is 0 Å². The van der Waals surface area contributed by atoms with Crippen molar-refractivity contribution < 1.29 is 38.0 Å². The summed E-state index contributed by atoms with van der Waals surface area (Å²) in [5.41, 5.74) is 0.872. The number of hydrogen-bond acceptors (Lipinski definition) is 9. The lowest BCUT2D eigenvalue weighted by Crippen LogP contribution is -2.36. The van der Waals surface area contributed by atoms with Crippen LogP contribution in [-0.2, 0) is 38.0 Å². The summed E-state index contributed by atoms with van der Waals surface area (Å²) >= 11 is 1.90. The van der Waals surface area contributed by atoms with Crippen molar-refractivity contribution in [2.45, 2.75) is 179 Å². The van der Waals surface area contributed by atoms with Gasteiger partial charge in [-0.05, 0) is 38.7 Å². The Kier molecular flexibility index (Phi) is 27.2. The molecule has 282 valence electrons. The third-order valence-corrected chi connectivity index (χ3v) is 10.5. The van der Waals surface area contributed by atoms with Crippen molar-refractivity contribution in [3.05, 3.63) is 11.6 Å². The zero-order valence-electron chi connectivity index (χ0n) is 31.2. The number of esters is 1. The third-order valence-electron chi connectivity index (χ3n) is 9.41. The van der Waals surface area contributed by atoms with E-state index in [0.29, 0.717) is 26.8 Å². The molecule has 0 aromatic carbocycles. The molecule has 0 unspecified atom stereocenters. The number of carbonyl (C=O) groups is 1. The maximum atomic E-state index is 11.7. The molecule has 2 rings (SSSR count). The Bertz CT molecular complexity index is 796. The fraction of sp³-hybridized carbons (Fsp3) is 0.923. The molecular formula is C39H72O8S. The highest BCUT2D eigenvalue weighted by Crippen LogP contribution is 2.26. The van der Waals surface area contributed by atoms with Gasteiger partial charge in [0.2, 0.25) is 0 Å². The van der Waals surface area contributed by atoms with Crippen LogP contribution in [0.4, 0.5) is 0 Å². The summed E-state index contributed by atoms with van der Waals surface area (Å²) < 4.78 is 40.4. The molecule has 1 fully saturated rings. The molecule has 0 aromatic heterocycles. The van der Waals surface area contributed by atoms with Crippen molar-refractivity contribution >= 4 is 17.7 Å². The maximum Gasteiger partial charge on any atom is 0.334 e. The number of rotatable bonds is 34. The predicted octanol–water partition coefficient (Wildman–Crippen LogP) is 9.57. The van der Waals surface area contributed by atoms with Gasteiger partial charge in [0.15, 0.2) is 0 Å². The molecule has 8 nitrogen and oxygen atoms in total. The molecule has 0 aromatic rings. The molecule has 1 saturated heterocycles. The summed E-state index contributed by atoms with van der Waals surface area (Å²) in [6, 6.07) is 0. The second kappa shape index (κ2) is 30.0. The highest BCUT2D eigenvalue weighted by Gasteiger charge is 2.31. The lowest BCUT2D eigenvalue weighted by atomic mass is 10.0. The van der Waals surface area contributed by atoms with Gasteiger partial charge in [0.05, 0.1) is 37.6 Å². The molecule has 2 aliphatic rings. The summed E-state index contributed by atoms with van der Waals surface area (Å²) in [5, 5.41) is 0. The Morgan fingerprint density at radius 1 is 0.688 bits per heavy atom. The number of hydrogen-bond donors (Lipinski definition) is 0. The molecule has 2 aliphatic heterocycles. The topological polar surface area (TPSA) is 81.7 Å². The monoisotopic (exact) mass is 700 g/mol. The highest BCUT2D eigenvalue weighted by atomic mass is 32.2. The Balaban J connectivity index is 1.54. The van der Waals surface area contributed by atoms with Crippen LogP contribution in [0.15, 0.2) is 11.6 Å². The summed E-state index contributed by atoms with van der Waals surface area (Å²) in [5.74, 6) is 1.79. The van der Waals surface area contributed by atoms with Crippen LogP contribution in [0.3, 0.4) is 0 Å². The van der Waals surface area contributed by atoms with Gasteiger partial charge in [0.25, 0.3) is 0 Å². The average Bonchev–Trinajstić information content (AvgIpc) is 3.68. The van der Waals surface area contributed by atoms with E-state index in [2.05, 4.69) is 6.92 Å². The molecular weight excluding hydrogens is 628 g/mol. The normalized spacial score (nSPS) is 20.7. The molecule has 0 aliphatic carbocycles. The van der Waals surface area contributed by atoms with Gasteiger partial charge in [0.1, 0.15) is 19.7 Å². The van der Waals surface area contributed by atoms with Gasteiger partial charge in [-0.1, -0.05) is 116 Å². The molecule has 0 spiro atoms. The van der Waals surface area contributed by atoms with Gasteiger partial charge in [-0.3, -0.25) is 0 Å². The zero-order chi connectivity index (χ0) is 34.5. The first-order valence-corrected chi connectivity index (χ1v) is 20.7. The molecule has 0 amide bonds. The second-order valence-corrected chi connectivity index (χ2v) is 14.9. The van der Waals surface area contributed by atoms with E-state index in [4.69, 9.17) is 33.2 Å². The Morgan fingerprint density at radius 3 is 1.54 bits per heavy atom. The average molecular weight is 701 g/mol. The molecule has 0 saturated carbocycles. The largest absolute Gasteiger partial charge is 0.455 e. The number of ether oxygens (including phenoxy) is 7. The minimum atomic E-state index is -0.115. The fourth-order valence-electron chi connectivity index (χ4n) is 6.47. The molecule has 2 heterocycles. The highest BCUT2D eigenvalue weighted by molar-refractivity contribution is 7.99. The van der Waals surface area contributed by atoms with E-state index in [1.165, 1.54) is 103 Å².